The third-order valence-corrected chi connectivity index (χ3v) is 4.42. The van der Waals surface area contributed by atoms with E-state index in [4.69, 9.17) is 0 Å². The highest BCUT2D eigenvalue weighted by Gasteiger charge is 2.17. The fraction of sp³-hybridized carbons (Fsp3) is 0.200. The molecule has 3 aromatic rings. The molecule has 0 saturated carbocycles. The molecule has 0 saturated heterocycles. The molecular formula is C15H14BrFN4. The highest BCUT2D eigenvalue weighted by Crippen LogP contribution is 2.27. The van der Waals surface area contributed by atoms with Gasteiger partial charge in [0.25, 0.3) is 0 Å². The number of hydrogen-bond acceptors (Lipinski definition) is 3. The molecule has 1 unspecified atom stereocenters. The van der Waals surface area contributed by atoms with Gasteiger partial charge in [-0.1, -0.05) is 12.1 Å². The minimum absolute atomic E-state index is 0.0322. The number of halogens is 2. The molecule has 2 aromatic heterocycles. The third-order valence-electron chi connectivity index (χ3n) is 3.53. The molecule has 1 N–H and O–H groups in total. The number of nitrogens with one attached hydrogen (secondary N) is 1. The van der Waals surface area contributed by atoms with Crippen LogP contribution >= 0.6 is 15.9 Å². The van der Waals surface area contributed by atoms with E-state index in [2.05, 4.69) is 31.3 Å². The normalized spacial score (nSPS) is 12.7. The Labute approximate surface area is 130 Å². The van der Waals surface area contributed by atoms with E-state index >= 15 is 0 Å². The van der Waals surface area contributed by atoms with Crippen molar-refractivity contribution in [3.8, 4) is 0 Å². The van der Waals surface area contributed by atoms with Gasteiger partial charge in [-0.15, -0.1) is 0 Å². The fourth-order valence-electron chi connectivity index (χ4n) is 2.41. The van der Waals surface area contributed by atoms with Crippen LogP contribution in [0.2, 0.25) is 0 Å². The van der Waals surface area contributed by atoms with Crippen molar-refractivity contribution in [2.75, 3.05) is 7.05 Å². The molecule has 4 nitrogen and oxygen atoms in total. The van der Waals surface area contributed by atoms with Crippen LogP contribution in [0.4, 0.5) is 4.39 Å². The van der Waals surface area contributed by atoms with Crippen molar-refractivity contribution in [1.82, 2.24) is 19.9 Å². The Morgan fingerprint density at radius 3 is 3.05 bits per heavy atom. The second kappa shape index (κ2) is 5.91. The second-order valence-electron chi connectivity index (χ2n) is 4.76. The lowest BCUT2D eigenvalue weighted by Gasteiger charge is -2.16. The number of aromatic nitrogens is 3. The van der Waals surface area contributed by atoms with Crippen LogP contribution in [0.3, 0.4) is 0 Å². The van der Waals surface area contributed by atoms with Crippen LogP contribution in [0.15, 0.2) is 47.5 Å². The average molecular weight is 349 g/mol. The Morgan fingerprint density at radius 1 is 1.38 bits per heavy atom. The predicted molar refractivity (Wildman–Crippen MR) is 82.6 cm³/mol. The number of fused-ring (bicyclic) bond motifs is 1. The first-order chi connectivity index (χ1) is 10.2. The molecule has 0 aliphatic heterocycles. The Morgan fingerprint density at radius 2 is 2.24 bits per heavy atom. The lowest BCUT2D eigenvalue weighted by atomic mass is 10.0. The van der Waals surface area contributed by atoms with Crippen LogP contribution in [0.1, 0.15) is 17.2 Å². The molecule has 0 bridgehead atoms. The van der Waals surface area contributed by atoms with E-state index in [0.29, 0.717) is 10.9 Å². The topological polar surface area (TPSA) is 42.2 Å². The van der Waals surface area contributed by atoms with Gasteiger partial charge >= 0.3 is 0 Å². The summed E-state index contributed by atoms with van der Waals surface area (Å²) in [5.74, 6) is -0.246. The van der Waals surface area contributed by atoms with Crippen molar-refractivity contribution >= 4 is 21.4 Å². The molecule has 0 aliphatic rings. The van der Waals surface area contributed by atoms with E-state index in [9.17, 15) is 4.39 Å². The molecule has 6 heteroatoms. The van der Waals surface area contributed by atoms with E-state index in [0.717, 1.165) is 16.6 Å². The molecular weight excluding hydrogens is 335 g/mol. The van der Waals surface area contributed by atoms with Crippen LogP contribution in [0.25, 0.3) is 5.52 Å². The number of rotatable bonds is 4. The van der Waals surface area contributed by atoms with Crippen LogP contribution in [-0.2, 0) is 6.42 Å². The molecule has 0 spiro atoms. The van der Waals surface area contributed by atoms with Crippen LogP contribution in [0, 0.1) is 5.82 Å². The standard InChI is InChI=1S/C15H14BrFN4/c1-18-13(7-10-3-2-4-12(17)15(10)16)11-8-20-21-6-5-19-9-14(11)21/h2-6,8-9,13,18H,7H2,1H3. The van der Waals surface area contributed by atoms with E-state index in [1.54, 1.807) is 23.0 Å². The molecule has 1 atom stereocenters. The number of nitrogens with zero attached hydrogens (tertiary/aromatic N) is 3. The molecule has 0 amide bonds. The Hall–Kier alpha value is -1.79. The molecule has 1 aromatic carbocycles. The Bertz CT molecular complexity index is 771. The lowest BCUT2D eigenvalue weighted by molar-refractivity contribution is 0.583. The molecule has 3 rings (SSSR count). The second-order valence-corrected chi connectivity index (χ2v) is 5.56. The Kier molecular flexibility index (Phi) is 3.98. The molecule has 0 aliphatic carbocycles. The highest BCUT2D eigenvalue weighted by atomic mass is 79.9. The third kappa shape index (κ3) is 2.69. The van der Waals surface area contributed by atoms with Gasteiger partial charge in [0.2, 0.25) is 0 Å². The summed E-state index contributed by atoms with van der Waals surface area (Å²) in [6, 6.07) is 5.12. The molecule has 0 radical (unpaired) electrons. The summed E-state index contributed by atoms with van der Waals surface area (Å²) in [6.45, 7) is 0. The number of benzene rings is 1. The van der Waals surface area contributed by atoms with Gasteiger partial charge in [-0.05, 0) is 41.0 Å². The summed E-state index contributed by atoms with van der Waals surface area (Å²) in [7, 11) is 1.89. The van der Waals surface area contributed by atoms with Gasteiger partial charge in [-0.2, -0.15) is 5.10 Å². The number of hydrogen-bond donors (Lipinski definition) is 1. The van der Waals surface area contributed by atoms with Crippen molar-refractivity contribution in [2.45, 2.75) is 12.5 Å². The predicted octanol–water partition coefficient (Wildman–Crippen LogP) is 3.13. The summed E-state index contributed by atoms with van der Waals surface area (Å²) in [4.78, 5) is 4.14. The number of likely N-dealkylation sites (N-methyl/N-ethyl adjacent to an activating group) is 1. The Balaban J connectivity index is 1.97. The van der Waals surface area contributed by atoms with Crippen molar-refractivity contribution in [2.24, 2.45) is 0 Å². The van der Waals surface area contributed by atoms with Gasteiger partial charge in [-0.25, -0.2) is 8.91 Å². The molecule has 108 valence electrons. The smallest absolute Gasteiger partial charge is 0.137 e. The first-order valence-corrected chi connectivity index (χ1v) is 7.37. The largest absolute Gasteiger partial charge is 0.313 e. The molecule has 2 heterocycles. The molecule has 0 fully saturated rings. The van der Waals surface area contributed by atoms with Crippen LogP contribution in [-0.4, -0.2) is 21.6 Å². The average Bonchev–Trinajstić information content (AvgIpc) is 2.93. The minimum Gasteiger partial charge on any atom is -0.313 e. The summed E-state index contributed by atoms with van der Waals surface area (Å²) in [5.41, 5.74) is 2.91. The highest BCUT2D eigenvalue weighted by molar-refractivity contribution is 9.10. The zero-order valence-electron chi connectivity index (χ0n) is 11.4. The minimum atomic E-state index is -0.246. The monoisotopic (exact) mass is 348 g/mol. The van der Waals surface area contributed by atoms with Gasteiger partial charge in [0.05, 0.1) is 22.4 Å². The van der Waals surface area contributed by atoms with Gasteiger partial charge < -0.3 is 5.32 Å². The van der Waals surface area contributed by atoms with Crippen LogP contribution in [0.5, 0.6) is 0 Å². The zero-order chi connectivity index (χ0) is 14.8. The summed E-state index contributed by atoms with van der Waals surface area (Å²) < 4.78 is 15.9. The van der Waals surface area contributed by atoms with Crippen molar-refractivity contribution in [1.29, 1.82) is 0 Å². The maximum Gasteiger partial charge on any atom is 0.137 e. The lowest BCUT2D eigenvalue weighted by Crippen LogP contribution is -2.19. The maximum atomic E-state index is 13.6. The summed E-state index contributed by atoms with van der Waals surface area (Å²) in [5, 5.41) is 7.59. The van der Waals surface area contributed by atoms with E-state index in [-0.39, 0.29) is 11.9 Å². The summed E-state index contributed by atoms with van der Waals surface area (Å²) in [6.07, 6.45) is 7.77. The van der Waals surface area contributed by atoms with E-state index in [1.165, 1.54) is 6.07 Å². The first kappa shape index (κ1) is 14.2. The van der Waals surface area contributed by atoms with Crippen LogP contribution < -0.4 is 5.32 Å². The van der Waals surface area contributed by atoms with Gasteiger partial charge in [0.1, 0.15) is 5.82 Å². The van der Waals surface area contributed by atoms with Gasteiger partial charge in [-0.3, -0.25) is 4.98 Å². The maximum absolute atomic E-state index is 13.6. The van der Waals surface area contributed by atoms with Gasteiger partial charge in [0.15, 0.2) is 0 Å². The van der Waals surface area contributed by atoms with E-state index < -0.39 is 0 Å². The zero-order valence-corrected chi connectivity index (χ0v) is 13.0. The quantitative estimate of drug-likeness (QED) is 0.787. The first-order valence-electron chi connectivity index (χ1n) is 6.58. The van der Waals surface area contributed by atoms with E-state index in [1.807, 2.05) is 25.5 Å². The fourth-order valence-corrected chi connectivity index (χ4v) is 2.84. The summed E-state index contributed by atoms with van der Waals surface area (Å²) >= 11 is 3.31. The molecule has 21 heavy (non-hydrogen) atoms. The van der Waals surface area contributed by atoms with Crippen molar-refractivity contribution in [3.05, 3.63) is 64.4 Å². The van der Waals surface area contributed by atoms with Crippen molar-refractivity contribution < 1.29 is 4.39 Å². The van der Waals surface area contributed by atoms with Crippen molar-refractivity contribution in [3.63, 3.8) is 0 Å². The van der Waals surface area contributed by atoms with Gasteiger partial charge in [0, 0.05) is 24.0 Å². The SMILES string of the molecule is CNC(Cc1cccc(F)c1Br)c1cnn2ccncc12.